The zero-order chi connectivity index (χ0) is 20.1. The Balaban J connectivity index is 1.60. The predicted molar refractivity (Wildman–Crippen MR) is 114 cm³/mol. The third kappa shape index (κ3) is 3.13. The number of methoxy groups -OCH3 is 1. The normalized spacial score (nSPS) is 29.4. The summed E-state index contributed by atoms with van der Waals surface area (Å²) in [5.74, 6) is 2.74. The summed E-state index contributed by atoms with van der Waals surface area (Å²) in [5.41, 5.74) is 1.25. The summed E-state index contributed by atoms with van der Waals surface area (Å²) < 4.78 is 12.1. The van der Waals surface area contributed by atoms with Gasteiger partial charge in [-0.2, -0.15) is 0 Å². The molecule has 2 saturated carbocycles. The van der Waals surface area contributed by atoms with Crippen molar-refractivity contribution in [2.75, 3.05) is 13.7 Å². The lowest BCUT2D eigenvalue weighted by atomic mass is 9.75. The molecule has 0 N–H and O–H groups in total. The molecule has 0 amide bonds. The van der Waals surface area contributed by atoms with E-state index in [2.05, 4.69) is 12.1 Å². The van der Waals surface area contributed by atoms with E-state index in [9.17, 15) is 9.59 Å². The van der Waals surface area contributed by atoms with Crippen LogP contribution in [0.15, 0.2) is 34.1 Å². The molecule has 0 unspecified atom stereocenters. The first-order valence-electron chi connectivity index (χ1n) is 10.3. The van der Waals surface area contributed by atoms with Crippen LogP contribution in [0.1, 0.15) is 42.5 Å². The number of hydrogen-bond acceptors (Lipinski definition) is 6. The Morgan fingerprint density at radius 2 is 1.97 bits per heavy atom. The number of nitrogens with zero attached hydrogens (tertiary/aromatic N) is 1. The Morgan fingerprint density at radius 3 is 2.69 bits per heavy atom. The average Bonchev–Trinajstić information content (AvgIpc) is 3.41. The molecule has 5 nitrogen and oxygen atoms in total. The van der Waals surface area contributed by atoms with Crippen LogP contribution in [0.4, 0.5) is 0 Å². The smallest absolute Gasteiger partial charge is 0.326 e. The zero-order valence-corrected chi connectivity index (χ0v) is 18.3. The molecule has 5 atom stereocenters. The maximum Gasteiger partial charge on any atom is 0.326 e. The first kappa shape index (κ1) is 19.2. The molecule has 2 aliphatic carbocycles. The molecular weight excluding hydrogens is 406 g/mol. The Labute approximate surface area is 178 Å². The number of ether oxygens (including phenoxy) is 2. The summed E-state index contributed by atoms with van der Waals surface area (Å²) in [4.78, 5) is 26.1. The fourth-order valence-electron chi connectivity index (χ4n) is 5.61. The number of esters is 1. The number of hydrogen-bond donors (Lipinski definition) is 0. The molecule has 1 aromatic heterocycles. The number of carbonyl (C=O) groups excluding carboxylic acids is 1. The third-order valence-electron chi connectivity index (χ3n) is 6.76. The van der Waals surface area contributed by atoms with Crippen molar-refractivity contribution in [3.8, 4) is 5.75 Å². The number of aromatic nitrogens is 1. The van der Waals surface area contributed by atoms with Crippen LogP contribution < -0.4 is 9.61 Å². The van der Waals surface area contributed by atoms with Crippen molar-refractivity contribution in [3.63, 3.8) is 0 Å². The van der Waals surface area contributed by atoms with Crippen LogP contribution in [-0.4, -0.2) is 29.5 Å². The Bertz CT molecular complexity index is 980. The van der Waals surface area contributed by atoms with Crippen LogP contribution in [0.25, 0.3) is 0 Å². The summed E-state index contributed by atoms with van der Waals surface area (Å²) in [7, 11) is 1.68. The van der Waals surface area contributed by atoms with Crippen LogP contribution in [0.3, 0.4) is 0 Å². The Hall–Kier alpha value is -1.73. The van der Waals surface area contributed by atoms with E-state index in [4.69, 9.17) is 9.47 Å². The lowest BCUT2D eigenvalue weighted by molar-refractivity contribution is -0.144. The minimum Gasteiger partial charge on any atom is -0.497 e. The second-order valence-electron chi connectivity index (χ2n) is 8.17. The summed E-state index contributed by atoms with van der Waals surface area (Å²) in [6, 6.07) is 8.31. The molecule has 0 spiro atoms. The number of carbonyl (C=O) groups is 1. The highest BCUT2D eigenvalue weighted by atomic mass is 32.2. The minimum absolute atomic E-state index is 0.00627. The second kappa shape index (κ2) is 7.51. The molecule has 154 valence electrons. The molecule has 2 aromatic rings. The standard InChI is InChI=1S/C22H25NO4S2/c1-3-27-16(24)11-23-21-20(29-22(23)25)17(12-6-8-15(26-2)9-7-12)18-13-4-5-14(10-13)19(18)28-21/h6-9,13-14,17-19H,3-5,10-11H2,1-2H3/t13-,14-,17-,18-,19+/m0/s1. The molecule has 29 heavy (non-hydrogen) atoms. The molecule has 2 fully saturated rings. The quantitative estimate of drug-likeness (QED) is 0.666. The second-order valence-corrected chi connectivity index (χ2v) is 10.3. The number of rotatable bonds is 5. The summed E-state index contributed by atoms with van der Waals surface area (Å²) in [6.07, 6.45) is 3.88. The monoisotopic (exact) mass is 431 g/mol. The van der Waals surface area contributed by atoms with Gasteiger partial charge in [-0.05, 0) is 61.6 Å². The maximum atomic E-state index is 12.9. The molecule has 1 aromatic carbocycles. The van der Waals surface area contributed by atoms with Gasteiger partial charge < -0.3 is 9.47 Å². The van der Waals surface area contributed by atoms with Crippen LogP contribution in [-0.2, 0) is 16.1 Å². The lowest BCUT2D eigenvalue weighted by Crippen LogP contribution is -2.34. The summed E-state index contributed by atoms with van der Waals surface area (Å²) in [6.45, 7) is 2.13. The van der Waals surface area contributed by atoms with Gasteiger partial charge in [-0.25, -0.2) is 0 Å². The van der Waals surface area contributed by atoms with Crippen LogP contribution in [0.5, 0.6) is 5.75 Å². The van der Waals surface area contributed by atoms with E-state index < -0.39 is 0 Å². The number of fused-ring (bicyclic) bond motifs is 6. The van der Waals surface area contributed by atoms with Gasteiger partial charge in [0.05, 0.1) is 18.7 Å². The minimum atomic E-state index is -0.341. The van der Waals surface area contributed by atoms with E-state index in [-0.39, 0.29) is 23.3 Å². The number of benzene rings is 1. The van der Waals surface area contributed by atoms with Gasteiger partial charge in [0.1, 0.15) is 12.3 Å². The topological polar surface area (TPSA) is 57.5 Å². The summed E-state index contributed by atoms with van der Waals surface area (Å²) >= 11 is 3.16. The van der Waals surface area contributed by atoms with Gasteiger partial charge in [-0.15, -0.1) is 11.8 Å². The van der Waals surface area contributed by atoms with Crippen LogP contribution in [0.2, 0.25) is 0 Å². The van der Waals surface area contributed by atoms with E-state index in [1.807, 2.05) is 23.9 Å². The van der Waals surface area contributed by atoms with Crippen molar-refractivity contribution in [3.05, 3.63) is 44.4 Å². The van der Waals surface area contributed by atoms with Gasteiger partial charge in [-0.1, -0.05) is 23.5 Å². The maximum absolute atomic E-state index is 12.9. The van der Waals surface area contributed by atoms with E-state index in [1.165, 1.54) is 36.2 Å². The van der Waals surface area contributed by atoms with Crippen molar-refractivity contribution in [1.29, 1.82) is 0 Å². The van der Waals surface area contributed by atoms with E-state index in [0.29, 0.717) is 17.8 Å². The Morgan fingerprint density at radius 1 is 1.21 bits per heavy atom. The number of thioether (sulfide) groups is 1. The fourth-order valence-corrected chi connectivity index (χ4v) is 8.76. The first-order chi connectivity index (χ1) is 14.1. The predicted octanol–water partition coefficient (Wildman–Crippen LogP) is 4.13. The van der Waals surface area contributed by atoms with E-state index in [1.54, 1.807) is 18.6 Å². The SMILES string of the molecule is CCOC(=O)Cn1c2c(sc1=O)[C@@H](c1ccc(OC)cc1)[C@@H]1[C@H]3CC[C@@H](C3)[C@H]1S2. The molecular formula is C22H25NO4S2. The van der Waals surface area contributed by atoms with Crippen molar-refractivity contribution < 1.29 is 14.3 Å². The van der Waals surface area contributed by atoms with Crippen LogP contribution >= 0.6 is 23.1 Å². The van der Waals surface area contributed by atoms with Gasteiger partial charge in [0.15, 0.2) is 0 Å². The van der Waals surface area contributed by atoms with Crippen molar-refractivity contribution in [2.24, 2.45) is 17.8 Å². The van der Waals surface area contributed by atoms with E-state index >= 15 is 0 Å². The molecule has 2 heterocycles. The highest BCUT2D eigenvalue weighted by molar-refractivity contribution is 8.00. The lowest BCUT2D eigenvalue weighted by Gasteiger charge is -2.40. The van der Waals surface area contributed by atoms with Crippen molar-refractivity contribution >= 4 is 29.1 Å². The van der Waals surface area contributed by atoms with Crippen molar-refractivity contribution in [2.45, 2.75) is 48.9 Å². The zero-order valence-electron chi connectivity index (χ0n) is 16.6. The molecule has 0 saturated heterocycles. The van der Waals surface area contributed by atoms with Gasteiger partial charge in [0.2, 0.25) is 0 Å². The van der Waals surface area contributed by atoms with Crippen molar-refractivity contribution in [1.82, 2.24) is 4.57 Å². The summed E-state index contributed by atoms with van der Waals surface area (Å²) in [5, 5.41) is 1.51. The highest BCUT2D eigenvalue weighted by Gasteiger charge is 2.55. The highest BCUT2D eigenvalue weighted by Crippen LogP contribution is 2.64. The molecule has 3 aliphatic rings. The molecule has 7 heteroatoms. The largest absolute Gasteiger partial charge is 0.497 e. The first-order valence-corrected chi connectivity index (χ1v) is 12.0. The van der Waals surface area contributed by atoms with Gasteiger partial charge in [-0.3, -0.25) is 14.2 Å². The van der Waals surface area contributed by atoms with Gasteiger partial charge in [0.25, 0.3) is 0 Å². The fraction of sp³-hybridized carbons (Fsp3) is 0.545. The number of thiazole rings is 1. The molecule has 0 radical (unpaired) electrons. The molecule has 1 aliphatic heterocycles. The molecule has 2 bridgehead atoms. The average molecular weight is 432 g/mol. The van der Waals surface area contributed by atoms with E-state index in [0.717, 1.165) is 27.5 Å². The van der Waals surface area contributed by atoms with Gasteiger partial charge >= 0.3 is 10.8 Å². The van der Waals surface area contributed by atoms with Crippen LogP contribution in [0, 0.1) is 17.8 Å². The Kier molecular flexibility index (Phi) is 4.98. The molecule has 5 rings (SSSR count). The van der Waals surface area contributed by atoms with Gasteiger partial charge in [0, 0.05) is 16.0 Å². The third-order valence-corrected chi connectivity index (χ3v) is 9.58.